The van der Waals surface area contributed by atoms with E-state index >= 15 is 0 Å². The third-order valence-corrected chi connectivity index (χ3v) is 2.68. The van der Waals surface area contributed by atoms with Gasteiger partial charge in [-0.2, -0.15) is 0 Å². The second-order valence-corrected chi connectivity index (χ2v) is 3.99. The molecule has 0 bridgehead atoms. The number of aromatic nitrogens is 1. The van der Waals surface area contributed by atoms with Crippen molar-refractivity contribution < 1.29 is 9.53 Å². The minimum absolute atomic E-state index is 0.324. The average molecular weight is 241 g/mol. The summed E-state index contributed by atoms with van der Waals surface area (Å²) in [4.78, 5) is 15.5. The van der Waals surface area contributed by atoms with Crippen LogP contribution in [0.4, 0.5) is 0 Å². The number of ether oxygens (including phenoxy) is 1. The molecule has 0 radical (unpaired) electrons. The molecule has 1 aromatic heterocycles. The number of hydrogen-bond acceptors (Lipinski definition) is 3. The molecule has 1 aromatic carbocycles. The van der Waals surface area contributed by atoms with Crippen LogP contribution >= 0.6 is 0 Å². The summed E-state index contributed by atoms with van der Waals surface area (Å²) in [6.45, 7) is 4.23. The Labute approximate surface area is 106 Å². The number of aryl methyl sites for hydroxylation is 1. The van der Waals surface area contributed by atoms with Crippen molar-refractivity contribution in [2.45, 2.75) is 13.8 Å². The summed E-state index contributed by atoms with van der Waals surface area (Å²) in [5.41, 5.74) is 3.07. The van der Waals surface area contributed by atoms with Crippen LogP contribution in [-0.2, 0) is 9.53 Å². The lowest BCUT2D eigenvalue weighted by atomic mass is 10.1. The molecule has 0 spiro atoms. The second kappa shape index (κ2) is 5.45. The Morgan fingerprint density at radius 3 is 3.00 bits per heavy atom. The summed E-state index contributed by atoms with van der Waals surface area (Å²) in [5, 5.41) is 1.13. The Morgan fingerprint density at radius 1 is 1.39 bits per heavy atom. The first kappa shape index (κ1) is 12.3. The van der Waals surface area contributed by atoms with E-state index in [1.54, 1.807) is 19.2 Å². The molecule has 0 N–H and O–H groups in total. The highest BCUT2D eigenvalue weighted by atomic mass is 16.5. The molecule has 3 nitrogen and oxygen atoms in total. The maximum absolute atomic E-state index is 11.2. The van der Waals surface area contributed by atoms with Crippen molar-refractivity contribution in [2.24, 2.45) is 0 Å². The lowest BCUT2D eigenvalue weighted by Crippen LogP contribution is -1.98. The van der Waals surface area contributed by atoms with Gasteiger partial charge in [0.05, 0.1) is 12.1 Å². The van der Waals surface area contributed by atoms with Crippen LogP contribution in [0.5, 0.6) is 0 Å². The van der Waals surface area contributed by atoms with Crippen LogP contribution in [0.2, 0.25) is 0 Å². The van der Waals surface area contributed by atoms with Gasteiger partial charge < -0.3 is 4.74 Å². The third kappa shape index (κ3) is 2.74. The van der Waals surface area contributed by atoms with Crippen molar-refractivity contribution in [1.82, 2.24) is 4.98 Å². The smallest absolute Gasteiger partial charge is 0.330 e. The van der Waals surface area contributed by atoms with Gasteiger partial charge in [-0.15, -0.1) is 0 Å². The highest BCUT2D eigenvalue weighted by Crippen LogP contribution is 2.18. The van der Waals surface area contributed by atoms with Gasteiger partial charge in [-0.05, 0) is 43.2 Å². The number of benzene rings is 1. The van der Waals surface area contributed by atoms with Crippen molar-refractivity contribution in [2.75, 3.05) is 6.61 Å². The van der Waals surface area contributed by atoms with Gasteiger partial charge in [-0.3, -0.25) is 4.98 Å². The van der Waals surface area contributed by atoms with Crippen LogP contribution in [0, 0.1) is 6.92 Å². The first-order valence-electron chi connectivity index (χ1n) is 5.91. The molecule has 0 aliphatic heterocycles. The summed E-state index contributed by atoms with van der Waals surface area (Å²) < 4.78 is 4.83. The van der Waals surface area contributed by atoms with Crippen molar-refractivity contribution in [3.8, 4) is 0 Å². The monoisotopic (exact) mass is 241 g/mol. The zero-order valence-corrected chi connectivity index (χ0v) is 10.5. The number of carbonyl (C=O) groups is 1. The van der Waals surface area contributed by atoms with E-state index in [4.69, 9.17) is 4.74 Å². The predicted octanol–water partition coefficient (Wildman–Crippen LogP) is 3.12. The normalized spacial score (nSPS) is 11.0. The van der Waals surface area contributed by atoms with Crippen LogP contribution in [0.3, 0.4) is 0 Å². The van der Waals surface area contributed by atoms with Crippen LogP contribution in [-0.4, -0.2) is 17.6 Å². The number of nitrogens with zero attached hydrogens (tertiary/aromatic N) is 1. The standard InChI is InChI=1S/C15H15NO2/c1-3-18-15(17)7-5-12-4-6-13-11(2)8-9-16-14(13)10-12/h4-10H,3H2,1-2H3/b7-5+. The first-order valence-corrected chi connectivity index (χ1v) is 5.91. The van der Waals surface area contributed by atoms with Crippen molar-refractivity contribution in [3.63, 3.8) is 0 Å². The summed E-state index contributed by atoms with van der Waals surface area (Å²) >= 11 is 0. The number of hydrogen-bond donors (Lipinski definition) is 0. The molecule has 2 rings (SSSR count). The topological polar surface area (TPSA) is 39.2 Å². The largest absolute Gasteiger partial charge is 0.463 e. The van der Waals surface area contributed by atoms with E-state index in [0.29, 0.717) is 6.61 Å². The predicted molar refractivity (Wildman–Crippen MR) is 72.1 cm³/mol. The fourth-order valence-corrected chi connectivity index (χ4v) is 1.77. The molecule has 3 heteroatoms. The molecular weight excluding hydrogens is 226 g/mol. The van der Waals surface area contributed by atoms with Crippen LogP contribution in [0.15, 0.2) is 36.5 Å². The maximum atomic E-state index is 11.2. The Kier molecular flexibility index (Phi) is 3.72. The number of pyridine rings is 1. The van der Waals surface area contributed by atoms with Gasteiger partial charge in [0.2, 0.25) is 0 Å². The summed E-state index contributed by atoms with van der Waals surface area (Å²) in [7, 11) is 0. The van der Waals surface area contributed by atoms with E-state index in [1.807, 2.05) is 24.3 Å². The molecule has 0 saturated carbocycles. The molecule has 0 atom stereocenters. The Balaban J connectivity index is 2.28. The Hall–Kier alpha value is -2.16. The fraction of sp³-hybridized carbons (Fsp3) is 0.200. The Bertz CT molecular complexity index is 602. The molecule has 92 valence electrons. The molecule has 0 saturated heterocycles. The van der Waals surface area contributed by atoms with E-state index in [1.165, 1.54) is 11.6 Å². The van der Waals surface area contributed by atoms with Crippen LogP contribution in [0.1, 0.15) is 18.1 Å². The van der Waals surface area contributed by atoms with E-state index in [2.05, 4.69) is 11.9 Å². The summed E-state index contributed by atoms with van der Waals surface area (Å²) in [6, 6.07) is 7.92. The number of carbonyl (C=O) groups excluding carboxylic acids is 1. The van der Waals surface area contributed by atoms with E-state index in [0.717, 1.165) is 16.5 Å². The summed E-state index contributed by atoms with van der Waals surface area (Å²) in [6.07, 6.45) is 4.96. The molecule has 18 heavy (non-hydrogen) atoms. The van der Waals surface area contributed by atoms with Gasteiger partial charge in [0.25, 0.3) is 0 Å². The Morgan fingerprint density at radius 2 is 2.22 bits per heavy atom. The molecule has 0 fully saturated rings. The zero-order chi connectivity index (χ0) is 13.0. The van der Waals surface area contributed by atoms with Crippen molar-refractivity contribution in [1.29, 1.82) is 0 Å². The molecule has 2 aromatic rings. The molecule has 1 heterocycles. The van der Waals surface area contributed by atoms with E-state index in [-0.39, 0.29) is 5.97 Å². The van der Waals surface area contributed by atoms with Crippen molar-refractivity contribution in [3.05, 3.63) is 47.7 Å². The van der Waals surface area contributed by atoms with E-state index in [9.17, 15) is 4.79 Å². The molecule has 0 aliphatic carbocycles. The molecule has 0 unspecified atom stereocenters. The zero-order valence-electron chi connectivity index (χ0n) is 10.5. The summed E-state index contributed by atoms with van der Waals surface area (Å²) in [5.74, 6) is -0.324. The number of rotatable bonds is 3. The lowest BCUT2D eigenvalue weighted by Gasteiger charge is -2.02. The SMILES string of the molecule is CCOC(=O)/C=C/c1ccc2c(C)ccnc2c1. The van der Waals surface area contributed by atoms with Gasteiger partial charge in [0, 0.05) is 17.7 Å². The third-order valence-electron chi connectivity index (χ3n) is 2.68. The molecule has 0 amide bonds. The van der Waals surface area contributed by atoms with E-state index < -0.39 is 0 Å². The molecular formula is C15H15NO2. The quantitative estimate of drug-likeness (QED) is 0.612. The highest BCUT2D eigenvalue weighted by Gasteiger charge is 1.99. The van der Waals surface area contributed by atoms with Crippen LogP contribution < -0.4 is 0 Å². The van der Waals surface area contributed by atoms with Gasteiger partial charge in [0.15, 0.2) is 0 Å². The minimum atomic E-state index is -0.324. The van der Waals surface area contributed by atoms with Gasteiger partial charge in [-0.25, -0.2) is 4.79 Å². The van der Waals surface area contributed by atoms with Gasteiger partial charge in [0.1, 0.15) is 0 Å². The average Bonchev–Trinajstić information content (AvgIpc) is 2.37. The van der Waals surface area contributed by atoms with Crippen LogP contribution in [0.25, 0.3) is 17.0 Å². The molecule has 0 aliphatic rings. The number of esters is 1. The lowest BCUT2D eigenvalue weighted by molar-refractivity contribution is -0.137. The first-order chi connectivity index (χ1) is 8.70. The second-order valence-electron chi connectivity index (χ2n) is 3.99. The van der Waals surface area contributed by atoms with Gasteiger partial charge >= 0.3 is 5.97 Å². The maximum Gasteiger partial charge on any atom is 0.330 e. The highest BCUT2D eigenvalue weighted by molar-refractivity contribution is 5.89. The minimum Gasteiger partial charge on any atom is -0.463 e. The van der Waals surface area contributed by atoms with Crippen molar-refractivity contribution >= 4 is 22.9 Å². The number of fused-ring (bicyclic) bond motifs is 1. The fourth-order valence-electron chi connectivity index (χ4n) is 1.77. The van der Waals surface area contributed by atoms with Gasteiger partial charge in [-0.1, -0.05) is 12.1 Å².